The quantitative estimate of drug-likeness (QED) is 0.0290. The van der Waals surface area contributed by atoms with Crippen LogP contribution in [0.1, 0.15) is 43.6 Å². The molecule has 31 heteroatoms. The number of hydroxylamine groups is 1. The summed E-state index contributed by atoms with van der Waals surface area (Å²) in [6.07, 6.45) is 0. The third-order valence-corrected chi connectivity index (χ3v) is 15.0. The fourth-order valence-corrected chi connectivity index (χ4v) is 10.8. The van der Waals surface area contributed by atoms with Gasteiger partial charge in [-0.3, -0.25) is 93.2 Å². The Bertz CT molecular complexity index is 3000. The molecule has 11 N–H and O–H groups in total. The van der Waals surface area contributed by atoms with Gasteiger partial charge in [-0.2, -0.15) is 5.48 Å². The van der Waals surface area contributed by atoms with Crippen molar-refractivity contribution < 1.29 is 83.4 Å². The molecule has 0 bridgehead atoms. The number of carboxylic acid groups (broad SMARTS) is 6. The normalized spacial score (nSPS) is 17.0. The molecular weight excluding hydrogens is 1210 g/mol. The zero-order valence-electron chi connectivity index (χ0n) is 48.4. The molecule has 1 unspecified atom stereocenters. The van der Waals surface area contributed by atoms with Gasteiger partial charge in [-0.05, 0) is 17.7 Å². The SMILES string of the molecule is O=C(O)CN1CCN(CC(=O)O)CCN(CC(=O)NNC(=O)c2[nH]c3ccccc3c2C(c2ccccc2)c2c(C(=O)NOC(=O)CN3CCN(CC(=O)O)CCN(CC(=O)O)CCN(CC(=O)O)CC3)[nH]c3ccccc23)CCN(CC(=O)O)CC1.[68Ga+3]. The van der Waals surface area contributed by atoms with Crippen LogP contribution in [0, 0.1) is 0 Å². The van der Waals surface area contributed by atoms with Crippen LogP contribution in [0.2, 0.25) is 0 Å². The summed E-state index contributed by atoms with van der Waals surface area (Å²) >= 11 is 0. The standard InChI is InChI=1S/C57H73N13O17.Ga/c71-43(30-63-14-16-64(31-44(72)73)18-20-66(33-46(76)77)21-19-65(17-15-63)32-45(74)75)60-61-56(85)54-52(39-10-4-6-12-41(39)58-54)51(38-8-2-1-3-9-38)53-40-11-5-7-13-42(40)59-55(53)57(86)62-87-50(84)37-70-28-26-68(35-48(80)81)24-22-67(34-47(78)79)23-25-69(27-29-70)36-49(82)83;/h1-13,51,58-59H,14-37H2,(H,60,71)(H,61,85)(H,62,86)(H,72,73)(H,74,75)(H,76,77)(H,78,79)(H,80,81)(H,82,83);/q;+3/i;1-2. The van der Waals surface area contributed by atoms with Crippen LogP contribution in [-0.2, 0) is 43.2 Å². The molecule has 0 radical (unpaired) electrons. The van der Waals surface area contributed by atoms with E-state index in [0.29, 0.717) is 38.5 Å². The number of para-hydroxylation sites is 2. The minimum atomic E-state index is -1.12. The number of aliphatic carboxylic acids is 6. The summed E-state index contributed by atoms with van der Waals surface area (Å²) in [7, 11) is 0. The van der Waals surface area contributed by atoms with E-state index in [1.807, 2.05) is 12.1 Å². The van der Waals surface area contributed by atoms with Crippen LogP contribution in [0.15, 0.2) is 78.9 Å². The van der Waals surface area contributed by atoms with E-state index in [1.165, 1.54) is 0 Å². The van der Waals surface area contributed by atoms with Crippen molar-refractivity contribution in [3.8, 4) is 0 Å². The number of nitrogens with zero attached hydrogens (tertiary/aromatic N) is 8. The molecule has 4 heterocycles. The number of aromatic amines is 2. The van der Waals surface area contributed by atoms with E-state index in [-0.39, 0.29) is 182 Å². The number of aromatic nitrogens is 2. The van der Waals surface area contributed by atoms with Crippen molar-refractivity contribution >= 4 is 101 Å². The molecule has 3 aromatic carbocycles. The zero-order chi connectivity index (χ0) is 62.6. The molecule has 468 valence electrons. The average molecular weight is 1280 g/mol. The van der Waals surface area contributed by atoms with Crippen molar-refractivity contribution in [1.29, 1.82) is 0 Å². The van der Waals surface area contributed by atoms with Crippen molar-refractivity contribution in [2.24, 2.45) is 0 Å². The smallest absolute Gasteiger partial charge is 0.480 e. The number of benzene rings is 3. The first-order chi connectivity index (χ1) is 41.7. The number of rotatable bonds is 21. The van der Waals surface area contributed by atoms with Crippen molar-refractivity contribution in [3.63, 3.8) is 0 Å². The van der Waals surface area contributed by atoms with Crippen LogP contribution in [0.25, 0.3) is 21.8 Å². The number of amides is 3. The molecule has 2 aliphatic rings. The largest absolute Gasteiger partial charge is 3.00 e. The first kappa shape index (κ1) is 68.9. The Hall–Kier alpha value is -8.24. The fraction of sp³-hybridized carbons (Fsp3) is 0.439. The predicted octanol–water partition coefficient (Wildman–Crippen LogP) is -1.65. The number of hydrazine groups is 1. The predicted molar refractivity (Wildman–Crippen MR) is 316 cm³/mol. The average Bonchev–Trinajstić information content (AvgIpc) is 2.35. The second kappa shape index (κ2) is 33.8. The molecular formula is C57H73GaN13O17+3. The summed E-state index contributed by atoms with van der Waals surface area (Å²) in [6.45, 7) is -0.519. The first-order valence-corrected chi connectivity index (χ1v) is 28.1. The third-order valence-electron chi connectivity index (χ3n) is 15.0. The maximum absolute atomic E-state index is 14.7. The summed E-state index contributed by atoms with van der Waals surface area (Å²) in [5.74, 6) is -10.9. The van der Waals surface area contributed by atoms with E-state index in [9.17, 15) is 78.6 Å². The molecule has 0 saturated carbocycles. The van der Waals surface area contributed by atoms with Crippen LogP contribution >= 0.6 is 0 Å². The molecule has 88 heavy (non-hydrogen) atoms. The molecule has 0 aliphatic carbocycles. The summed E-state index contributed by atoms with van der Waals surface area (Å²) in [5, 5.41) is 58.9. The summed E-state index contributed by atoms with van der Waals surface area (Å²) in [6, 6.07) is 23.1. The summed E-state index contributed by atoms with van der Waals surface area (Å²) in [4.78, 5) is 153. The van der Waals surface area contributed by atoms with Crippen LogP contribution in [0.5, 0.6) is 0 Å². The molecule has 2 saturated heterocycles. The van der Waals surface area contributed by atoms with Gasteiger partial charge in [-0.25, -0.2) is 4.79 Å². The molecule has 5 aromatic rings. The molecule has 1 atom stereocenters. The summed E-state index contributed by atoms with van der Waals surface area (Å²) in [5.41, 5.74) is 9.68. The monoisotopic (exact) mass is 1280 g/mol. The molecule has 2 aromatic heterocycles. The van der Waals surface area contributed by atoms with Gasteiger partial charge in [-0.15, -0.1) is 0 Å². The van der Waals surface area contributed by atoms with Gasteiger partial charge in [0.15, 0.2) is 0 Å². The number of carboxylic acids is 6. The van der Waals surface area contributed by atoms with Crippen molar-refractivity contribution in [2.45, 2.75) is 5.92 Å². The van der Waals surface area contributed by atoms with Gasteiger partial charge in [0.05, 0.1) is 52.4 Å². The number of hydrogen-bond acceptors (Lipinski definition) is 19. The van der Waals surface area contributed by atoms with Crippen molar-refractivity contribution in [2.75, 3.05) is 157 Å². The number of carbonyl (C=O) groups is 10. The van der Waals surface area contributed by atoms with Gasteiger partial charge in [0.1, 0.15) is 11.4 Å². The first-order valence-electron chi connectivity index (χ1n) is 28.1. The van der Waals surface area contributed by atoms with Gasteiger partial charge in [0, 0.05) is 144 Å². The molecule has 3 amide bonds. The van der Waals surface area contributed by atoms with Gasteiger partial charge in [0.25, 0.3) is 11.8 Å². The Labute approximate surface area is 517 Å². The number of H-pyrrole nitrogens is 2. The van der Waals surface area contributed by atoms with Crippen LogP contribution in [-0.4, -0.2) is 316 Å². The Morgan fingerprint density at radius 1 is 0.386 bits per heavy atom. The van der Waals surface area contributed by atoms with Gasteiger partial charge < -0.3 is 45.4 Å². The number of nitrogens with one attached hydrogen (secondary N) is 5. The molecule has 30 nitrogen and oxygen atoms in total. The number of hydrogen-bond donors (Lipinski definition) is 11. The van der Waals surface area contributed by atoms with Gasteiger partial charge in [-0.1, -0.05) is 66.7 Å². The fourth-order valence-electron chi connectivity index (χ4n) is 10.8. The third kappa shape index (κ3) is 21.0. The molecule has 0 spiro atoms. The Morgan fingerprint density at radius 2 is 0.682 bits per heavy atom. The van der Waals surface area contributed by atoms with E-state index in [1.54, 1.807) is 106 Å². The number of fused-ring (bicyclic) bond motifs is 2. The van der Waals surface area contributed by atoms with E-state index in [2.05, 4.69) is 26.3 Å². The van der Waals surface area contributed by atoms with E-state index >= 15 is 0 Å². The van der Waals surface area contributed by atoms with Gasteiger partial charge >= 0.3 is 67.5 Å². The Morgan fingerprint density at radius 3 is 1.02 bits per heavy atom. The van der Waals surface area contributed by atoms with Crippen molar-refractivity contribution in [3.05, 3.63) is 107 Å². The van der Waals surface area contributed by atoms with Crippen LogP contribution < -0.4 is 16.3 Å². The number of carbonyl (C=O) groups excluding carboxylic acids is 4. The minimum absolute atomic E-state index is 0. The van der Waals surface area contributed by atoms with Crippen molar-refractivity contribution in [1.82, 2.24) is 65.5 Å². The maximum atomic E-state index is 14.7. The maximum Gasteiger partial charge on any atom is 3.00 e. The molecule has 7 rings (SSSR count). The topological polar surface area (TPSA) is 395 Å². The molecule has 2 aliphatic heterocycles. The van der Waals surface area contributed by atoms with E-state index < -0.39 is 72.0 Å². The van der Waals surface area contributed by atoms with Gasteiger partial charge in [0.2, 0.25) is 0 Å². The minimum Gasteiger partial charge on any atom is -0.480 e. The van der Waals surface area contributed by atoms with Crippen LogP contribution in [0.4, 0.5) is 0 Å². The van der Waals surface area contributed by atoms with E-state index in [4.69, 9.17) is 4.84 Å². The second-order valence-electron chi connectivity index (χ2n) is 21.2. The second-order valence-corrected chi connectivity index (χ2v) is 21.2. The zero-order valence-corrected chi connectivity index (χ0v) is 50.8. The summed E-state index contributed by atoms with van der Waals surface area (Å²) < 4.78 is 0. The van der Waals surface area contributed by atoms with Crippen LogP contribution in [0.3, 0.4) is 0 Å². The Balaban J connectivity index is 0.0000124. The molecule has 2 fully saturated rings. The van der Waals surface area contributed by atoms with E-state index in [0.717, 1.165) is 0 Å². The Kier molecular flexibility index (Phi) is 26.4.